The summed E-state index contributed by atoms with van der Waals surface area (Å²) < 4.78 is 1.90. The smallest absolute Gasteiger partial charge is 0.248 e. The zero-order valence-corrected chi connectivity index (χ0v) is 15.6. The number of nitrogens with one attached hydrogen (secondary N) is 1. The van der Waals surface area contributed by atoms with Crippen LogP contribution in [0.4, 0.5) is 5.69 Å². The number of carbonyl (C=O) groups is 1. The quantitative estimate of drug-likeness (QED) is 0.693. The first-order chi connectivity index (χ1) is 12.5. The van der Waals surface area contributed by atoms with Crippen LogP contribution in [-0.2, 0) is 4.79 Å². The summed E-state index contributed by atoms with van der Waals surface area (Å²) in [6.07, 6.45) is 3.40. The SMILES string of the molecule is Cc1cccc(C)c1NC(=O)/C=C/c1c(C)nn(-c2ccccc2)c1C. The predicted molar refractivity (Wildman–Crippen MR) is 107 cm³/mol. The molecule has 2 aromatic carbocycles. The van der Waals surface area contributed by atoms with Gasteiger partial charge in [0, 0.05) is 23.0 Å². The first-order valence-electron chi connectivity index (χ1n) is 8.64. The van der Waals surface area contributed by atoms with E-state index in [2.05, 4.69) is 10.4 Å². The minimum atomic E-state index is -0.145. The molecule has 0 bridgehead atoms. The van der Waals surface area contributed by atoms with Crippen molar-refractivity contribution in [3.8, 4) is 5.69 Å². The lowest BCUT2D eigenvalue weighted by Gasteiger charge is -2.09. The van der Waals surface area contributed by atoms with Gasteiger partial charge in [-0.25, -0.2) is 4.68 Å². The highest BCUT2D eigenvalue weighted by Gasteiger charge is 2.11. The van der Waals surface area contributed by atoms with Crippen molar-refractivity contribution in [2.75, 3.05) is 5.32 Å². The molecule has 0 aliphatic heterocycles. The van der Waals surface area contributed by atoms with Crippen molar-refractivity contribution in [2.45, 2.75) is 27.7 Å². The van der Waals surface area contributed by atoms with Crippen LogP contribution in [0.3, 0.4) is 0 Å². The van der Waals surface area contributed by atoms with Crippen LogP contribution in [0, 0.1) is 27.7 Å². The van der Waals surface area contributed by atoms with Crippen molar-refractivity contribution in [3.05, 3.63) is 82.7 Å². The van der Waals surface area contributed by atoms with Gasteiger partial charge < -0.3 is 5.32 Å². The van der Waals surface area contributed by atoms with Crippen LogP contribution < -0.4 is 5.32 Å². The van der Waals surface area contributed by atoms with E-state index in [0.717, 1.165) is 39.5 Å². The summed E-state index contributed by atoms with van der Waals surface area (Å²) in [5, 5.41) is 7.58. The monoisotopic (exact) mass is 345 g/mol. The fraction of sp³-hybridized carbons (Fsp3) is 0.182. The Morgan fingerprint density at radius 3 is 2.27 bits per heavy atom. The molecule has 0 aliphatic carbocycles. The second-order valence-corrected chi connectivity index (χ2v) is 6.42. The molecule has 0 fully saturated rings. The number of nitrogens with zero attached hydrogens (tertiary/aromatic N) is 2. The molecule has 4 heteroatoms. The normalized spacial score (nSPS) is 11.1. The second-order valence-electron chi connectivity index (χ2n) is 6.42. The third kappa shape index (κ3) is 3.59. The Hall–Kier alpha value is -3.14. The molecule has 1 aromatic heterocycles. The molecule has 0 aliphatic rings. The number of rotatable bonds is 4. The number of hydrogen-bond donors (Lipinski definition) is 1. The van der Waals surface area contributed by atoms with E-state index in [1.807, 2.05) is 87.0 Å². The van der Waals surface area contributed by atoms with E-state index in [9.17, 15) is 4.79 Å². The third-order valence-corrected chi connectivity index (χ3v) is 4.48. The largest absolute Gasteiger partial charge is 0.322 e. The number of para-hydroxylation sites is 2. The van der Waals surface area contributed by atoms with Gasteiger partial charge in [-0.3, -0.25) is 4.79 Å². The van der Waals surface area contributed by atoms with Gasteiger partial charge in [0.05, 0.1) is 11.4 Å². The Morgan fingerprint density at radius 1 is 0.962 bits per heavy atom. The van der Waals surface area contributed by atoms with Gasteiger partial charge in [-0.05, 0) is 57.0 Å². The summed E-state index contributed by atoms with van der Waals surface area (Å²) in [5.41, 5.74) is 6.84. The molecular formula is C22H23N3O. The van der Waals surface area contributed by atoms with Crippen molar-refractivity contribution in [2.24, 2.45) is 0 Å². The van der Waals surface area contributed by atoms with Crippen LogP contribution in [0.5, 0.6) is 0 Å². The van der Waals surface area contributed by atoms with E-state index in [-0.39, 0.29) is 5.91 Å². The summed E-state index contributed by atoms with van der Waals surface area (Å²) in [6, 6.07) is 15.9. The predicted octanol–water partition coefficient (Wildman–Crippen LogP) is 4.76. The average molecular weight is 345 g/mol. The zero-order chi connectivity index (χ0) is 18.7. The standard InChI is InChI=1S/C22H23N3O/c1-15-9-8-10-16(2)22(15)23-21(26)14-13-20-17(3)24-25(18(20)4)19-11-6-5-7-12-19/h5-14H,1-4H3,(H,23,26)/b14-13+. The Balaban J connectivity index is 1.83. The molecule has 1 N–H and O–H groups in total. The maximum Gasteiger partial charge on any atom is 0.248 e. The number of amides is 1. The van der Waals surface area contributed by atoms with E-state index < -0.39 is 0 Å². The fourth-order valence-electron chi connectivity index (χ4n) is 3.05. The van der Waals surface area contributed by atoms with Crippen molar-refractivity contribution in [3.63, 3.8) is 0 Å². The molecule has 26 heavy (non-hydrogen) atoms. The highest BCUT2D eigenvalue weighted by molar-refractivity contribution is 6.02. The van der Waals surface area contributed by atoms with Gasteiger partial charge >= 0.3 is 0 Å². The van der Waals surface area contributed by atoms with Gasteiger partial charge in [0.1, 0.15) is 0 Å². The first kappa shape index (κ1) is 17.7. The van der Waals surface area contributed by atoms with E-state index in [0.29, 0.717) is 0 Å². The number of anilines is 1. The highest BCUT2D eigenvalue weighted by atomic mass is 16.1. The molecule has 1 amide bonds. The minimum absolute atomic E-state index is 0.145. The summed E-state index contributed by atoms with van der Waals surface area (Å²) in [5.74, 6) is -0.145. The van der Waals surface area contributed by atoms with Gasteiger partial charge in [-0.2, -0.15) is 5.10 Å². The average Bonchev–Trinajstić information content (AvgIpc) is 2.91. The van der Waals surface area contributed by atoms with Gasteiger partial charge in [0.2, 0.25) is 5.91 Å². The van der Waals surface area contributed by atoms with E-state index >= 15 is 0 Å². The molecule has 0 saturated heterocycles. The van der Waals surface area contributed by atoms with Crippen LogP contribution in [0.1, 0.15) is 28.1 Å². The number of hydrogen-bond acceptors (Lipinski definition) is 2. The van der Waals surface area contributed by atoms with Crippen molar-refractivity contribution < 1.29 is 4.79 Å². The Labute approximate surface area is 154 Å². The molecule has 4 nitrogen and oxygen atoms in total. The lowest BCUT2D eigenvalue weighted by molar-refractivity contribution is -0.111. The van der Waals surface area contributed by atoms with Gasteiger partial charge in [-0.15, -0.1) is 0 Å². The summed E-state index contributed by atoms with van der Waals surface area (Å²) >= 11 is 0. The molecule has 0 unspecified atom stereocenters. The Bertz CT molecular complexity index is 948. The lowest BCUT2D eigenvalue weighted by Crippen LogP contribution is -2.10. The lowest BCUT2D eigenvalue weighted by atomic mass is 10.1. The molecule has 3 aromatic rings. The molecule has 132 valence electrons. The molecule has 0 atom stereocenters. The summed E-state index contributed by atoms with van der Waals surface area (Å²) in [6.45, 7) is 7.95. The third-order valence-electron chi connectivity index (χ3n) is 4.48. The molecule has 0 radical (unpaired) electrons. The van der Waals surface area contributed by atoms with Gasteiger partial charge in [-0.1, -0.05) is 36.4 Å². The minimum Gasteiger partial charge on any atom is -0.322 e. The molecule has 1 heterocycles. The first-order valence-corrected chi connectivity index (χ1v) is 8.64. The Kier molecular flexibility index (Phi) is 5.03. The highest BCUT2D eigenvalue weighted by Crippen LogP contribution is 2.21. The molecule has 0 saturated carbocycles. The van der Waals surface area contributed by atoms with Crippen molar-refractivity contribution in [1.29, 1.82) is 0 Å². The van der Waals surface area contributed by atoms with Crippen LogP contribution in [0.2, 0.25) is 0 Å². The zero-order valence-electron chi connectivity index (χ0n) is 15.6. The van der Waals surface area contributed by atoms with Crippen LogP contribution in [0.25, 0.3) is 11.8 Å². The maximum absolute atomic E-state index is 12.4. The summed E-state index contributed by atoms with van der Waals surface area (Å²) in [4.78, 5) is 12.4. The van der Waals surface area contributed by atoms with Crippen molar-refractivity contribution >= 4 is 17.7 Å². The van der Waals surface area contributed by atoms with Gasteiger partial charge in [0.15, 0.2) is 0 Å². The number of aromatic nitrogens is 2. The number of aryl methyl sites for hydroxylation is 3. The van der Waals surface area contributed by atoms with Crippen LogP contribution in [-0.4, -0.2) is 15.7 Å². The molecule has 3 rings (SSSR count). The topological polar surface area (TPSA) is 46.9 Å². The summed E-state index contributed by atoms with van der Waals surface area (Å²) in [7, 11) is 0. The van der Waals surface area contributed by atoms with Gasteiger partial charge in [0.25, 0.3) is 0 Å². The molecule has 0 spiro atoms. The maximum atomic E-state index is 12.4. The van der Waals surface area contributed by atoms with Crippen molar-refractivity contribution in [1.82, 2.24) is 9.78 Å². The van der Waals surface area contributed by atoms with Crippen LogP contribution in [0.15, 0.2) is 54.6 Å². The van der Waals surface area contributed by atoms with Crippen LogP contribution >= 0.6 is 0 Å². The Morgan fingerprint density at radius 2 is 1.62 bits per heavy atom. The van der Waals surface area contributed by atoms with E-state index in [4.69, 9.17) is 0 Å². The second kappa shape index (κ2) is 7.40. The molecular weight excluding hydrogens is 322 g/mol. The number of carbonyl (C=O) groups excluding carboxylic acids is 1. The number of benzene rings is 2. The fourth-order valence-corrected chi connectivity index (χ4v) is 3.05. The van der Waals surface area contributed by atoms with E-state index in [1.165, 1.54) is 0 Å². The van der Waals surface area contributed by atoms with E-state index in [1.54, 1.807) is 6.08 Å².